The van der Waals surface area contributed by atoms with Gasteiger partial charge in [0, 0.05) is 13.1 Å². The van der Waals surface area contributed by atoms with E-state index in [1.54, 1.807) is 0 Å². The molecule has 0 aliphatic carbocycles. The third-order valence-corrected chi connectivity index (χ3v) is 2.74. The van der Waals surface area contributed by atoms with Crippen LogP contribution in [0.15, 0.2) is 72.8 Å². The Morgan fingerprint density at radius 3 is 1.47 bits per heavy atom. The van der Waals surface area contributed by atoms with Crippen molar-refractivity contribution in [1.29, 1.82) is 0 Å². The molecule has 0 spiro atoms. The molecule has 1 nitrogen and oxygen atoms in total. The predicted octanol–water partition coefficient (Wildman–Crippen LogP) is 4.00. The van der Waals surface area contributed by atoms with Crippen LogP contribution in [-0.4, -0.2) is 13.1 Å². The fourth-order valence-electron chi connectivity index (χ4n) is 1.77. The van der Waals surface area contributed by atoms with Crippen LogP contribution in [0.25, 0.3) is 12.2 Å². The van der Waals surface area contributed by atoms with Crippen LogP contribution in [0.4, 0.5) is 0 Å². The fourth-order valence-corrected chi connectivity index (χ4v) is 1.77. The minimum Gasteiger partial charge on any atom is -0.310 e. The van der Waals surface area contributed by atoms with Gasteiger partial charge < -0.3 is 5.32 Å². The van der Waals surface area contributed by atoms with Crippen molar-refractivity contribution in [3.8, 4) is 0 Å². The molecule has 0 aromatic heterocycles. The minimum absolute atomic E-state index is 0.883. The van der Waals surface area contributed by atoms with Crippen LogP contribution >= 0.6 is 0 Å². The molecule has 0 aliphatic heterocycles. The SMILES string of the molecule is C(=Cc1ccccc1)CNCC=Cc1ccccc1. The van der Waals surface area contributed by atoms with Crippen molar-refractivity contribution >= 4 is 12.2 Å². The molecular formula is C18H19N. The summed E-state index contributed by atoms with van der Waals surface area (Å²) in [5.74, 6) is 0. The maximum absolute atomic E-state index is 3.35. The Balaban J connectivity index is 1.65. The second-order valence-electron chi connectivity index (χ2n) is 4.28. The molecule has 1 N–H and O–H groups in total. The molecule has 0 saturated carbocycles. The Hall–Kier alpha value is -2.12. The molecule has 0 saturated heterocycles. The molecule has 0 radical (unpaired) electrons. The lowest BCUT2D eigenvalue weighted by molar-refractivity contribution is 0.847. The first kappa shape index (κ1) is 13.3. The van der Waals surface area contributed by atoms with Crippen molar-refractivity contribution < 1.29 is 0 Å². The van der Waals surface area contributed by atoms with Crippen molar-refractivity contribution in [3.63, 3.8) is 0 Å². The summed E-state index contributed by atoms with van der Waals surface area (Å²) in [6.45, 7) is 1.77. The zero-order chi connectivity index (χ0) is 13.2. The Morgan fingerprint density at radius 2 is 1.05 bits per heavy atom. The smallest absolute Gasteiger partial charge is 0.0141 e. The number of benzene rings is 2. The summed E-state index contributed by atoms with van der Waals surface area (Å²) in [6, 6.07) is 20.7. The maximum Gasteiger partial charge on any atom is 0.0141 e. The average molecular weight is 249 g/mol. The van der Waals surface area contributed by atoms with Gasteiger partial charge in [-0.3, -0.25) is 0 Å². The van der Waals surface area contributed by atoms with E-state index in [-0.39, 0.29) is 0 Å². The molecule has 96 valence electrons. The summed E-state index contributed by atoms with van der Waals surface area (Å²) in [5, 5.41) is 3.35. The molecule has 19 heavy (non-hydrogen) atoms. The number of hydrogen-bond acceptors (Lipinski definition) is 1. The van der Waals surface area contributed by atoms with E-state index in [0.717, 1.165) is 13.1 Å². The first-order valence-electron chi connectivity index (χ1n) is 6.59. The largest absolute Gasteiger partial charge is 0.310 e. The summed E-state index contributed by atoms with van der Waals surface area (Å²) >= 11 is 0. The second kappa shape index (κ2) is 8.06. The van der Waals surface area contributed by atoms with Crippen LogP contribution in [0.2, 0.25) is 0 Å². The maximum atomic E-state index is 3.35. The van der Waals surface area contributed by atoms with Crippen molar-refractivity contribution in [2.24, 2.45) is 0 Å². The third kappa shape index (κ3) is 5.36. The van der Waals surface area contributed by atoms with Gasteiger partial charge in [0.15, 0.2) is 0 Å². The van der Waals surface area contributed by atoms with E-state index in [0.29, 0.717) is 0 Å². The molecule has 2 rings (SSSR count). The zero-order valence-electron chi connectivity index (χ0n) is 11.0. The molecule has 0 aliphatic rings. The van der Waals surface area contributed by atoms with Crippen LogP contribution in [0.3, 0.4) is 0 Å². The minimum atomic E-state index is 0.883. The summed E-state index contributed by atoms with van der Waals surface area (Å²) in [4.78, 5) is 0. The van der Waals surface area contributed by atoms with Crippen LogP contribution in [-0.2, 0) is 0 Å². The molecule has 0 fully saturated rings. The van der Waals surface area contributed by atoms with Gasteiger partial charge in [-0.05, 0) is 11.1 Å². The summed E-state index contributed by atoms with van der Waals surface area (Å²) in [5.41, 5.74) is 2.48. The molecule has 0 atom stereocenters. The van der Waals surface area contributed by atoms with Crippen molar-refractivity contribution in [1.82, 2.24) is 5.32 Å². The molecule has 2 aromatic rings. The lowest BCUT2D eigenvalue weighted by atomic mass is 10.2. The van der Waals surface area contributed by atoms with E-state index in [4.69, 9.17) is 0 Å². The molecule has 1 heteroatoms. The molecule has 2 aromatic carbocycles. The molecular weight excluding hydrogens is 230 g/mol. The Kier molecular flexibility index (Phi) is 5.65. The lowest BCUT2D eigenvalue weighted by Crippen LogP contribution is -2.12. The van der Waals surface area contributed by atoms with E-state index in [1.165, 1.54) is 11.1 Å². The number of rotatable bonds is 6. The summed E-state index contributed by atoms with van der Waals surface area (Å²) < 4.78 is 0. The Bertz CT molecular complexity index is 462. The number of hydrogen-bond donors (Lipinski definition) is 1. The number of nitrogens with one attached hydrogen (secondary N) is 1. The van der Waals surface area contributed by atoms with Crippen LogP contribution < -0.4 is 5.32 Å². The Morgan fingerprint density at radius 1 is 0.632 bits per heavy atom. The van der Waals surface area contributed by atoms with Crippen molar-refractivity contribution in [2.45, 2.75) is 0 Å². The summed E-state index contributed by atoms with van der Waals surface area (Å²) in [7, 11) is 0. The first-order chi connectivity index (χ1) is 9.45. The highest BCUT2D eigenvalue weighted by atomic mass is 14.8. The van der Waals surface area contributed by atoms with Crippen LogP contribution in [0, 0.1) is 0 Å². The van der Waals surface area contributed by atoms with E-state index in [9.17, 15) is 0 Å². The molecule has 0 heterocycles. The highest BCUT2D eigenvalue weighted by Crippen LogP contribution is 2.01. The topological polar surface area (TPSA) is 12.0 Å². The van der Waals surface area contributed by atoms with Gasteiger partial charge in [0.25, 0.3) is 0 Å². The second-order valence-corrected chi connectivity index (χ2v) is 4.28. The van der Waals surface area contributed by atoms with Gasteiger partial charge in [0.1, 0.15) is 0 Å². The zero-order valence-corrected chi connectivity index (χ0v) is 11.0. The van der Waals surface area contributed by atoms with Gasteiger partial charge >= 0.3 is 0 Å². The van der Waals surface area contributed by atoms with Crippen LogP contribution in [0.1, 0.15) is 11.1 Å². The van der Waals surface area contributed by atoms with Gasteiger partial charge in [-0.1, -0.05) is 85.0 Å². The molecule has 0 bridgehead atoms. The van der Waals surface area contributed by atoms with Gasteiger partial charge in [-0.15, -0.1) is 0 Å². The Labute approximate surface area is 115 Å². The average Bonchev–Trinajstić information content (AvgIpc) is 2.48. The van der Waals surface area contributed by atoms with Gasteiger partial charge in [-0.2, -0.15) is 0 Å². The third-order valence-electron chi connectivity index (χ3n) is 2.74. The first-order valence-corrected chi connectivity index (χ1v) is 6.59. The summed E-state index contributed by atoms with van der Waals surface area (Å²) in [6.07, 6.45) is 8.55. The quantitative estimate of drug-likeness (QED) is 0.763. The highest BCUT2D eigenvalue weighted by molar-refractivity contribution is 5.49. The van der Waals surface area contributed by atoms with Gasteiger partial charge in [0.2, 0.25) is 0 Å². The van der Waals surface area contributed by atoms with Gasteiger partial charge in [0.05, 0.1) is 0 Å². The molecule has 0 amide bonds. The lowest BCUT2D eigenvalue weighted by Gasteiger charge is -1.96. The fraction of sp³-hybridized carbons (Fsp3) is 0.111. The highest BCUT2D eigenvalue weighted by Gasteiger charge is 1.84. The van der Waals surface area contributed by atoms with E-state index in [2.05, 4.69) is 78.2 Å². The van der Waals surface area contributed by atoms with Crippen molar-refractivity contribution in [2.75, 3.05) is 13.1 Å². The van der Waals surface area contributed by atoms with Crippen LogP contribution in [0.5, 0.6) is 0 Å². The van der Waals surface area contributed by atoms with Crippen molar-refractivity contribution in [3.05, 3.63) is 83.9 Å². The van der Waals surface area contributed by atoms with Gasteiger partial charge in [-0.25, -0.2) is 0 Å². The standard InChI is InChI=1S/C18H19N/c1-3-9-17(10-4-1)13-7-15-19-16-8-14-18-11-5-2-6-12-18/h1-14,19H,15-16H2. The van der Waals surface area contributed by atoms with E-state index < -0.39 is 0 Å². The molecule has 0 unspecified atom stereocenters. The van der Waals surface area contributed by atoms with E-state index >= 15 is 0 Å². The normalized spacial score (nSPS) is 11.4. The monoisotopic (exact) mass is 249 g/mol. The predicted molar refractivity (Wildman–Crippen MR) is 83.8 cm³/mol. The van der Waals surface area contributed by atoms with E-state index in [1.807, 2.05) is 12.1 Å².